The van der Waals surface area contributed by atoms with E-state index < -0.39 is 0 Å². The lowest BCUT2D eigenvalue weighted by atomic mass is 10.1. The van der Waals surface area contributed by atoms with E-state index in [2.05, 4.69) is 32.6 Å². The van der Waals surface area contributed by atoms with Crippen LogP contribution in [0.15, 0.2) is 47.6 Å². The molecule has 8 heteroatoms. The number of thiophene rings is 1. The van der Waals surface area contributed by atoms with Crippen molar-refractivity contribution < 1.29 is 14.7 Å². The van der Waals surface area contributed by atoms with Crippen LogP contribution < -0.4 is 14.8 Å². The van der Waals surface area contributed by atoms with Gasteiger partial charge < -0.3 is 20.0 Å². The molecule has 0 aliphatic rings. The van der Waals surface area contributed by atoms with Crippen LogP contribution >= 0.6 is 11.3 Å². The van der Waals surface area contributed by atoms with E-state index in [-0.39, 0.29) is 0 Å². The zero-order valence-corrected chi connectivity index (χ0v) is 16.6. The van der Waals surface area contributed by atoms with Crippen LogP contribution in [0.5, 0.6) is 11.8 Å². The predicted molar refractivity (Wildman–Crippen MR) is 111 cm³/mol. The lowest BCUT2D eigenvalue weighted by Gasteiger charge is -2.09. The van der Waals surface area contributed by atoms with Gasteiger partial charge >= 0.3 is 6.01 Å². The number of benzene rings is 1. The first-order valence-corrected chi connectivity index (χ1v) is 9.58. The zero-order valence-electron chi connectivity index (χ0n) is 15.8. The van der Waals surface area contributed by atoms with Gasteiger partial charge in [0.25, 0.3) is 0 Å². The van der Waals surface area contributed by atoms with E-state index in [0.717, 1.165) is 34.2 Å². The number of hydrogen-bond acceptors (Lipinski definition) is 8. The molecule has 0 amide bonds. The molecule has 146 valence electrons. The molecule has 0 aliphatic heterocycles. The molecule has 28 heavy (non-hydrogen) atoms. The summed E-state index contributed by atoms with van der Waals surface area (Å²) in [4.78, 5) is 10.9. The highest BCUT2D eigenvalue weighted by molar-refractivity contribution is 7.15. The SMILES string of the molecule is COc1ccc(CCNc2cc(-c3ccc(CC=NO)s3)nc(OC)n2)cc1. The van der Waals surface area contributed by atoms with Crippen molar-refractivity contribution in [2.75, 3.05) is 26.1 Å². The van der Waals surface area contributed by atoms with Crippen LogP contribution in [0, 0.1) is 0 Å². The molecule has 0 atom stereocenters. The second-order valence-electron chi connectivity index (χ2n) is 5.92. The average Bonchev–Trinajstić information content (AvgIpc) is 3.21. The third-order valence-corrected chi connectivity index (χ3v) is 5.19. The molecule has 0 radical (unpaired) electrons. The van der Waals surface area contributed by atoms with Crippen molar-refractivity contribution in [2.45, 2.75) is 12.8 Å². The van der Waals surface area contributed by atoms with Crippen molar-refractivity contribution in [1.29, 1.82) is 0 Å². The maximum atomic E-state index is 8.57. The summed E-state index contributed by atoms with van der Waals surface area (Å²) in [7, 11) is 3.21. The minimum absolute atomic E-state index is 0.316. The van der Waals surface area contributed by atoms with Gasteiger partial charge in [-0.05, 0) is 36.2 Å². The Bertz CT molecular complexity index is 925. The van der Waals surface area contributed by atoms with Crippen molar-refractivity contribution in [1.82, 2.24) is 9.97 Å². The van der Waals surface area contributed by atoms with E-state index in [1.54, 1.807) is 25.6 Å². The Kier molecular flexibility index (Phi) is 6.80. The second-order valence-corrected chi connectivity index (χ2v) is 7.09. The van der Waals surface area contributed by atoms with Crippen molar-refractivity contribution in [3.63, 3.8) is 0 Å². The maximum Gasteiger partial charge on any atom is 0.318 e. The van der Waals surface area contributed by atoms with Gasteiger partial charge in [0, 0.05) is 30.1 Å². The van der Waals surface area contributed by atoms with Gasteiger partial charge in [-0.3, -0.25) is 0 Å². The van der Waals surface area contributed by atoms with E-state index in [1.165, 1.54) is 11.8 Å². The largest absolute Gasteiger partial charge is 0.497 e. The molecule has 0 aliphatic carbocycles. The fraction of sp³-hybridized carbons (Fsp3) is 0.250. The Morgan fingerprint density at radius 2 is 1.93 bits per heavy atom. The van der Waals surface area contributed by atoms with Crippen LogP contribution in [-0.2, 0) is 12.8 Å². The minimum Gasteiger partial charge on any atom is -0.497 e. The van der Waals surface area contributed by atoms with Gasteiger partial charge in [-0.15, -0.1) is 16.5 Å². The second kappa shape index (κ2) is 9.70. The fourth-order valence-electron chi connectivity index (χ4n) is 2.62. The molecule has 2 heterocycles. The smallest absolute Gasteiger partial charge is 0.318 e. The molecule has 0 bridgehead atoms. The Labute approximate surface area is 167 Å². The van der Waals surface area contributed by atoms with Gasteiger partial charge in [0.05, 0.1) is 24.8 Å². The first kappa shape index (κ1) is 19.6. The van der Waals surface area contributed by atoms with Crippen LogP contribution in [0.1, 0.15) is 10.4 Å². The Balaban J connectivity index is 1.68. The maximum absolute atomic E-state index is 8.57. The van der Waals surface area contributed by atoms with E-state index in [4.69, 9.17) is 14.7 Å². The molecule has 2 aromatic heterocycles. The lowest BCUT2D eigenvalue weighted by Crippen LogP contribution is -2.07. The van der Waals surface area contributed by atoms with Gasteiger partial charge in [0.2, 0.25) is 0 Å². The van der Waals surface area contributed by atoms with E-state index in [9.17, 15) is 0 Å². The molecular weight excluding hydrogens is 376 g/mol. The van der Waals surface area contributed by atoms with Crippen molar-refractivity contribution in [3.05, 3.63) is 52.9 Å². The van der Waals surface area contributed by atoms with Crippen molar-refractivity contribution >= 4 is 23.4 Å². The van der Waals surface area contributed by atoms with Crippen LogP contribution in [0.25, 0.3) is 10.6 Å². The van der Waals surface area contributed by atoms with Gasteiger partial charge in [0.15, 0.2) is 0 Å². The molecule has 0 unspecified atom stereocenters. The summed E-state index contributed by atoms with van der Waals surface area (Å²) in [6, 6.07) is 14.2. The van der Waals surface area contributed by atoms with Crippen molar-refractivity contribution in [3.8, 4) is 22.3 Å². The van der Waals surface area contributed by atoms with Crippen LogP contribution in [0.3, 0.4) is 0 Å². The molecular formula is C20H22N4O3S. The van der Waals surface area contributed by atoms with Gasteiger partial charge in [0.1, 0.15) is 11.6 Å². The highest BCUT2D eigenvalue weighted by atomic mass is 32.1. The average molecular weight is 398 g/mol. The standard InChI is InChI=1S/C20H22N4O3S/c1-26-15-5-3-14(4-6-15)9-11-21-19-13-17(23-20(24-19)27-2)18-8-7-16(28-18)10-12-22-25/h3-8,12-13,25H,9-11H2,1-2H3,(H,21,23,24). The number of nitrogens with zero attached hydrogens (tertiary/aromatic N) is 3. The number of methoxy groups -OCH3 is 2. The number of anilines is 1. The van der Waals surface area contributed by atoms with Crippen LogP contribution in [-0.4, -0.2) is 42.2 Å². The number of rotatable bonds is 9. The monoisotopic (exact) mass is 398 g/mol. The highest BCUT2D eigenvalue weighted by Crippen LogP contribution is 2.29. The topological polar surface area (TPSA) is 88.9 Å². The third kappa shape index (κ3) is 5.20. The molecule has 1 aromatic carbocycles. The molecule has 0 spiro atoms. The van der Waals surface area contributed by atoms with E-state index in [1.807, 2.05) is 30.3 Å². The summed E-state index contributed by atoms with van der Waals surface area (Å²) in [6.45, 7) is 0.731. The van der Waals surface area contributed by atoms with Crippen LogP contribution in [0.2, 0.25) is 0 Å². The van der Waals surface area contributed by atoms with Gasteiger partial charge in [-0.2, -0.15) is 9.97 Å². The third-order valence-electron chi connectivity index (χ3n) is 4.06. The minimum atomic E-state index is 0.316. The van der Waals surface area contributed by atoms with Gasteiger partial charge in [-0.1, -0.05) is 12.1 Å². The van der Waals surface area contributed by atoms with Crippen LogP contribution in [0.4, 0.5) is 5.82 Å². The zero-order chi connectivity index (χ0) is 19.8. The summed E-state index contributed by atoms with van der Waals surface area (Å²) >= 11 is 1.59. The van der Waals surface area contributed by atoms with E-state index in [0.29, 0.717) is 18.2 Å². The highest BCUT2D eigenvalue weighted by Gasteiger charge is 2.09. The normalized spacial score (nSPS) is 10.9. The first-order chi connectivity index (χ1) is 13.7. The number of hydrogen-bond donors (Lipinski definition) is 2. The van der Waals surface area contributed by atoms with Crippen molar-refractivity contribution in [2.24, 2.45) is 5.16 Å². The molecule has 2 N–H and O–H groups in total. The fourth-order valence-corrected chi connectivity index (χ4v) is 3.54. The molecule has 0 saturated heterocycles. The number of nitrogens with one attached hydrogen (secondary N) is 1. The molecule has 3 rings (SSSR count). The lowest BCUT2D eigenvalue weighted by molar-refractivity contribution is 0.321. The Morgan fingerprint density at radius 1 is 1.11 bits per heavy atom. The number of aromatic nitrogens is 2. The summed E-state index contributed by atoms with van der Waals surface area (Å²) in [5.74, 6) is 1.56. The quantitative estimate of drug-likeness (QED) is 0.323. The van der Waals surface area contributed by atoms with Gasteiger partial charge in [-0.25, -0.2) is 0 Å². The number of ether oxygens (including phenoxy) is 2. The molecule has 3 aromatic rings. The number of oxime groups is 1. The summed E-state index contributed by atoms with van der Waals surface area (Å²) in [5.41, 5.74) is 2.00. The Morgan fingerprint density at radius 3 is 2.64 bits per heavy atom. The summed E-state index contributed by atoms with van der Waals surface area (Å²) in [6.07, 6.45) is 2.90. The predicted octanol–water partition coefficient (Wildman–Crippen LogP) is 3.88. The molecule has 0 saturated carbocycles. The first-order valence-electron chi connectivity index (χ1n) is 8.76. The Hall–Kier alpha value is -3.13. The van der Waals surface area contributed by atoms with E-state index >= 15 is 0 Å². The molecule has 0 fully saturated rings. The summed E-state index contributed by atoms with van der Waals surface area (Å²) in [5, 5.41) is 14.9. The molecule has 7 nitrogen and oxygen atoms in total. The summed E-state index contributed by atoms with van der Waals surface area (Å²) < 4.78 is 10.4.